The Morgan fingerprint density at radius 3 is 2.78 bits per heavy atom. The third-order valence-corrected chi connectivity index (χ3v) is 4.13. The lowest BCUT2D eigenvalue weighted by Gasteiger charge is -2.18. The molecule has 0 aliphatic carbocycles. The Bertz CT molecular complexity index is 342. The maximum atomic E-state index is 5.71. The average Bonchev–Trinajstić information content (AvgIpc) is 2.28. The van der Waals surface area contributed by atoms with Crippen LogP contribution in [-0.4, -0.2) is 29.1 Å². The van der Waals surface area contributed by atoms with Gasteiger partial charge in [-0.15, -0.1) is 0 Å². The summed E-state index contributed by atoms with van der Waals surface area (Å²) >= 11 is 2.02. The molecule has 0 bridgehead atoms. The van der Waals surface area contributed by atoms with E-state index in [2.05, 4.69) is 31.1 Å². The monoisotopic (exact) mass is 267 g/mol. The van der Waals surface area contributed by atoms with Gasteiger partial charge in [-0.3, -0.25) is 0 Å². The Hall–Kier alpha value is -0.740. The van der Waals surface area contributed by atoms with Crippen LogP contribution in [0.15, 0.2) is 18.3 Å². The molecule has 1 rings (SSSR count). The average molecular weight is 267 g/mol. The fourth-order valence-electron chi connectivity index (χ4n) is 1.83. The van der Waals surface area contributed by atoms with Crippen molar-refractivity contribution in [2.45, 2.75) is 33.2 Å². The highest BCUT2D eigenvalue weighted by molar-refractivity contribution is 7.99. The molecule has 0 amide bonds. The molecule has 0 aliphatic rings. The number of anilines is 1. The van der Waals surface area contributed by atoms with Gasteiger partial charge in [0.15, 0.2) is 0 Å². The second-order valence-corrected chi connectivity index (χ2v) is 6.05. The first-order valence-corrected chi connectivity index (χ1v) is 7.78. The Morgan fingerprint density at radius 1 is 1.39 bits per heavy atom. The minimum absolute atomic E-state index is 0.514. The summed E-state index contributed by atoms with van der Waals surface area (Å²) in [5, 5.41) is 3.54. The molecule has 102 valence electrons. The quantitative estimate of drug-likeness (QED) is 0.760. The molecule has 0 radical (unpaired) electrons. The van der Waals surface area contributed by atoms with Gasteiger partial charge in [-0.2, -0.15) is 11.8 Å². The standard InChI is InChI=1S/C14H25N3S/c1-4-16-13(10-18-9-11(2)3)7-12-5-6-17-14(15)8-12/h5-6,8,11,13,16H,4,7,9-10H2,1-3H3,(H2,15,17). The summed E-state index contributed by atoms with van der Waals surface area (Å²) < 4.78 is 0. The first-order chi connectivity index (χ1) is 8.61. The van der Waals surface area contributed by atoms with Gasteiger partial charge in [-0.25, -0.2) is 4.98 Å². The Balaban J connectivity index is 2.46. The van der Waals surface area contributed by atoms with Crippen molar-refractivity contribution in [2.75, 3.05) is 23.8 Å². The Morgan fingerprint density at radius 2 is 2.17 bits per heavy atom. The van der Waals surface area contributed by atoms with E-state index in [-0.39, 0.29) is 0 Å². The van der Waals surface area contributed by atoms with E-state index in [1.165, 1.54) is 11.3 Å². The zero-order valence-electron chi connectivity index (χ0n) is 11.6. The number of nitrogens with zero attached hydrogens (tertiary/aromatic N) is 1. The molecule has 3 N–H and O–H groups in total. The summed E-state index contributed by atoms with van der Waals surface area (Å²) in [6, 6.07) is 4.53. The molecule has 0 spiro atoms. The van der Waals surface area contributed by atoms with Crippen molar-refractivity contribution in [2.24, 2.45) is 5.92 Å². The highest BCUT2D eigenvalue weighted by Gasteiger charge is 2.09. The topological polar surface area (TPSA) is 50.9 Å². The van der Waals surface area contributed by atoms with E-state index in [0.717, 1.165) is 24.6 Å². The number of nitrogen functional groups attached to an aromatic ring is 1. The van der Waals surface area contributed by atoms with Crippen LogP contribution in [-0.2, 0) is 6.42 Å². The highest BCUT2D eigenvalue weighted by Crippen LogP contribution is 2.13. The van der Waals surface area contributed by atoms with E-state index in [4.69, 9.17) is 5.73 Å². The van der Waals surface area contributed by atoms with Gasteiger partial charge in [-0.1, -0.05) is 20.8 Å². The number of likely N-dealkylation sites (N-methyl/N-ethyl adjacent to an activating group) is 1. The molecule has 18 heavy (non-hydrogen) atoms. The summed E-state index contributed by atoms with van der Waals surface area (Å²) in [6.07, 6.45) is 2.81. The van der Waals surface area contributed by atoms with Gasteiger partial charge in [0.25, 0.3) is 0 Å². The summed E-state index contributed by atoms with van der Waals surface area (Å²) in [7, 11) is 0. The predicted molar refractivity (Wildman–Crippen MR) is 82.0 cm³/mol. The molecule has 0 saturated carbocycles. The number of hydrogen-bond donors (Lipinski definition) is 2. The minimum Gasteiger partial charge on any atom is -0.384 e. The normalized spacial score (nSPS) is 12.9. The van der Waals surface area contributed by atoms with Crippen molar-refractivity contribution in [3.8, 4) is 0 Å². The number of nitrogens with one attached hydrogen (secondary N) is 1. The van der Waals surface area contributed by atoms with Crippen molar-refractivity contribution in [3.05, 3.63) is 23.9 Å². The fraction of sp³-hybridized carbons (Fsp3) is 0.643. The van der Waals surface area contributed by atoms with Crippen LogP contribution in [0.2, 0.25) is 0 Å². The molecule has 1 heterocycles. The van der Waals surface area contributed by atoms with Crippen LogP contribution >= 0.6 is 11.8 Å². The van der Waals surface area contributed by atoms with Crippen LogP contribution < -0.4 is 11.1 Å². The van der Waals surface area contributed by atoms with Crippen LogP contribution in [0.1, 0.15) is 26.3 Å². The summed E-state index contributed by atoms with van der Waals surface area (Å²) in [6.45, 7) is 7.69. The molecule has 1 atom stereocenters. The molecule has 1 unspecified atom stereocenters. The van der Waals surface area contributed by atoms with E-state index in [1.807, 2.05) is 23.9 Å². The Labute approximate surface area is 115 Å². The summed E-state index contributed by atoms with van der Waals surface area (Å²) in [5.41, 5.74) is 6.97. The molecular weight excluding hydrogens is 242 g/mol. The third kappa shape index (κ3) is 6.26. The second kappa shape index (κ2) is 8.38. The zero-order valence-corrected chi connectivity index (χ0v) is 12.5. The molecule has 0 aromatic carbocycles. The van der Waals surface area contributed by atoms with Gasteiger partial charge in [0.2, 0.25) is 0 Å². The number of nitrogens with two attached hydrogens (primary N) is 1. The maximum absolute atomic E-state index is 5.71. The largest absolute Gasteiger partial charge is 0.384 e. The molecular formula is C14H25N3S. The Kier molecular flexibility index (Phi) is 7.13. The van der Waals surface area contributed by atoms with Gasteiger partial charge in [-0.05, 0) is 42.3 Å². The van der Waals surface area contributed by atoms with Gasteiger partial charge >= 0.3 is 0 Å². The van der Waals surface area contributed by atoms with Crippen molar-refractivity contribution in [1.82, 2.24) is 10.3 Å². The molecule has 1 aromatic rings. The molecule has 0 aliphatic heterocycles. The molecule has 3 nitrogen and oxygen atoms in total. The van der Waals surface area contributed by atoms with E-state index in [1.54, 1.807) is 6.20 Å². The van der Waals surface area contributed by atoms with Gasteiger partial charge in [0, 0.05) is 18.0 Å². The predicted octanol–water partition coefficient (Wildman–Crippen LogP) is 2.57. The zero-order chi connectivity index (χ0) is 13.4. The first kappa shape index (κ1) is 15.3. The lowest BCUT2D eigenvalue weighted by Crippen LogP contribution is -2.33. The van der Waals surface area contributed by atoms with E-state index in [0.29, 0.717) is 11.9 Å². The van der Waals surface area contributed by atoms with Crippen molar-refractivity contribution < 1.29 is 0 Å². The first-order valence-electron chi connectivity index (χ1n) is 6.63. The van der Waals surface area contributed by atoms with Crippen LogP contribution in [0, 0.1) is 5.92 Å². The van der Waals surface area contributed by atoms with Gasteiger partial charge < -0.3 is 11.1 Å². The lowest BCUT2D eigenvalue weighted by molar-refractivity contribution is 0.572. The molecule has 4 heteroatoms. The van der Waals surface area contributed by atoms with Crippen LogP contribution in [0.4, 0.5) is 5.82 Å². The fourth-order valence-corrected chi connectivity index (χ4v) is 2.96. The minimum atomic E-state index is 0.514. The van der Waals surface area contributed by atoms with Crippen LogP contribution in [0.5, 0.6) is 0 Å². The van der Waals surface area contributed by atoms with Crippen molar-refractivity contribution in [3.63, 3.8) is 0 Å². The summed E-state index contributed by atoms with van der Waals surface area (Å²) in [5.74, 6) is 3.74. The number of rotatable bonds is 8. The highest BCUT2D eigenvalue weighted by atomic mass is 32.2. The third-order valence-electron chi connectivity index (χ3n) is 2.59. The second-order valence-electron chi connectivity index (χ2n) is 4.98. The number of hydrogen-bond acceptors (Lipinski definition) is 4. The number of thioether (sulfide) groups is 1. The lowest BCUT2D eigenvalue weighted by atomic mass is 10.1. The van der Waals surface area contributed by atoms with Gasteiger partial charge in [0.1, 0.15) is 5.82 Å². The van der Waals surface area contributed by atoms with Crippen LogP contribution in [0.25, 0.3) is 0 Å². The SMILES string of the molecule is CCNC(CSCC(C)C)Cc1ccnc(N)c1. The van der Waals surface area contributed by atoms with E-state index in [9.17, 15) is 0 Å². The van der Waals surface area contributed by atoms with E-state index < -0.39 is 0 Å². The van der Waals surface area contributed by atoms with Crippen LogP contribution in [0.3, 0.4) is 0 Å². The van der Waals surface area contributed by atoms with Gasteiger partial charge in [0.05, 0.1) is 0 Å². The van der Waals surface area contributed by atoms with Crippen molar-refractivity contribution >= 4 is 17.6 Å². The molecule has 1 aromatic heterocycles. The number of aromatic nitrogens is 1. The molecule has 0 fully saturated rings. The van der Waals surface area contributed by atoms with Crippen molar-refractivity contribution in [1.29, 1.82) is 0 Å². The number of pyridine rings is 1. The summed E-state index contributed by atoms with van der Waals surface area (Å²) in [4.78, 5) is 4.03. The molecule has 0 saturated heterocycles. The maximum Gasteiger partial charge on any atom is 0.123 e. The smallest absolute Gasteiger partial charge is 0.123 e. The van der Waals surface area contributed by atoms with E-state index >= 15 is 0 Å².